The van der Waals surface area contributed by atoms with Gasteiger partial charge in [0.05, 0.1) is 11.0 Å². The van der Waals surface area contributed by atoms with Gasteiger partial charge in [0, 0.05) is 38.3 Å². The molecule has 2 saturated heterocycles. The van der Waals surface area contributed by atoms with Crippen molar-refractivity contribution in [3.63, 3.8) is 0 Å². The van der Waals surface area contributed by atoms with Crippen LogP contribution in [0, 0.1) is 10.1 Å². The van der Waals surface area contributed by atoms with Crippen LogP contribution in [0.15, 0.2) is 24.3 Å². The Morgan fingerprint density at radius 3 is 2.60 bits per heavy atom. The molecule has 1 aromatic rings. The number of nitrogens with zero attached hydrogens (tertiary/aromatic N) is 2. The number of nitro benzene ring substituents is 1. The molecular formula is C17H20N2O6. The monoisotopic (exact) mass is 348 g/mol. The predicted octanol–water partition coefficient (Wildman–Crippen LogP) is 1.92. The SMILES string of the molecule is CC(=O)O[C@@H]1C[C@@H]2C[C@H](OC(=O)c3ccccc3[N+](=O)[O-])C[C@@H]1N2C. The molecule has 25 heavy (non-hydrogen) atoms. The number of rotatable bonds is 4. The topological polar surface area (TPSA) is 99.0 Å². The summed E-state index contributed by atoms with van der Waals surface area (Å²) in [5.41, 5.74) is -0.309. The Morgan fingerprint density at radius 2 is 1.92 bits per heavy atom. The van der Waals surface area contributed by atoms with Gasteiger partial charge in [0.2, 0.25) is 0 Å². The van der Waals surface area contributed by atoms with Crippen LogP contribution in [-0.4, -0.2) is 53.1 Å². The Bertz CT molecular complexity index is 706. The van der Waals surface area contributed by atoms with Crippen LogP contribution in [0.2, 0.25) is 0 Å². The third-order valence-corrected chi connectivity index (χ3v) is 4.98. The normalized spacial score (nSPS) is 28.4. The fourth-order valence-corrected chi connectivity index (χ4v) is 3.83. The molecule has 0 radical (unpaired) electrons. The van der Waals surface area contributed by atoms with Gasteiger partial charge in [-0.3, -0.25) is 19.8 Å². The van der Waals surface area contributed by atoms with Crippen molar-refractivity contribution in [2.24, 2.45) is 0 Å². The van der Waals surface area contributed by atoms with Crippen LogP contribution in [0.25, 0.3) is 0 Å². The zero-order chi connectivity index (χ0) is 18.1. The minimum absolute atomic E-state index is 0.00814. The molecule has 0 aliphatic carbocycles. The number of fused-ring (bicyclic) bond motifs is 2. The molecule has 3 rings (SSSR count). The number of ether oxygens (including phenoxy) is 2. The van der Waals surface area contributed by atoms with Gasteiger partial charge in [-0.1, -0.05) is 12.1 Å². The van der Waals surface area contributed by atoms with Crippen LogP contribution >= 0.6 is 0 Å². The highest BCUT2D eigenvalue weighted by Crippen LogP contribution is 2.38. The van der Waals surface area contributed by atoms with E-state index in [1.54, 1.807) is 6.07 Å². The maximum Gasteiger partial charge on any atom is 0.345 e. The lowest BCUT2D eigenvalue weighted by Crippen LogP contribution is -2.46. The molecule has 2 aliphatic rings. The van der Waals surface area contributed by atoms with Crippen LogP contribution in [0.3, 0.4) is 0 Å². The molecule has 1 aromatic carbocycles. The van der Waals surface area contributed by atoms with E-state index >= 15 is 0 Å². The summed E-state index contributed by atoms with van der Waals surface area (Å²) in [7, 11) is 1.97. The average molecular weight is 348 g/mol. The molecule has 2 fully saturated rings. The summed E-state index contributed by atoms with van der Waals surface area (Å²) in [6, 6.07) is 5.91. The molecule has 2 aliphatic heterocycles. The zero-order valence-corrected chi connectivity index (χ0v) is 14.1. The van der Waals surface area contributed by atoms with Crippen molar-refractivity contribution in [2.75, 3.05) is 7.05 Å². The fourth-order valence-electron chi connectivity index (χ4n) is 3.83. The molecule has 0 N–H and O–H groups in total. The molecule has 0 aromatic heterocycles. The maximum absolute atomic E-state index is 12.4. The maximum atomic E-state index is 12.4. The highest BCUT2D eigenvalue weighted by atomic mass is 16.6. The number of nitro groups is 1. The molecule has 4 atom stereocenters. The van der Waals surface area contributed by atoms with E-state index in [0.29, 0.717) is 19.3 Å². The first-order valence-corrected chi connectivity index (χ1v) is 8.20. The number of para-hydroxylation sites is 1. The van der Waals surface area contributed by atoms with E-state index < -0.39 is 10.9 Å². The van der Waals surface area contributed by atoms with Crippen LogP contribution in [0.5, 0.6) is 0 Å². The number of likely N-dealkylation sites (N-methyl/N-ethyl adjacent to an activating group) is 1. The molecule has 8 heteroatoms. The summed E-state index contributed by atoms with van der Waals surface area (Å²) in [4.78, 5) is 36.3. The molecule has 8 nitrogen and oxygen atoms in total. The number of carbonyl (C=O) groups is 2. The van der Waals surface area contributed by atoms with Crippen molar-refractivity contribution in [1.82, 2.24) is 4.90 Å². The van der Waals surface area contributed by atoms with Crippen molar-refractivity contribution in [3.05, 3.63) is 39.9 Å². The molecule has 0 amide bonds. The van der Waals surface area contributed by atoms with Crippen molar-refractivity contribution in [3.8, 4) is 0 Å². The summed E-state index contributed by atoms with van der Waals surface area (Å²) in [5.74, 6) is -1.01. The summed E-state index contributed by atoms with van der Waals surface area (Å²) in [5, 5.41) is 11.1. The summed E-state index contributed by atoms with van der Waals surface area (Å²) in [6.45, 7) is 1.38. The second-order valence-corrected chi connectivity index (χ2v) is 6.54. The van der Waals surface area contributed by atoms with E-state index in [0.717, 1.165) is 0 Å². The Hall–Kier alpha value is -2.48. The number of piperidine rings is 1. The third-order valence-electron chi connectivity index (χ3n) is 4.98. The van der Waals surface area contributed by atoms with Gasteiger partial charge in [0.25, 0.3) is 5.69 Å². The lowest BCUT2D eigenvalue weighted by atomic mass is 10.00. The van der Waals surface area contributed by atoms with Crippen LogP contribution in [-0.2, 0) is 14.3 Å². The Balaban J connectivity index is 1.70. The number of esters is 2. The van der Waals surface area contributed by atoms with Gasteiger partial charge in [-0.2, -0.15) is 0 Å². The van der Waals surface area contributed by atoms with E-state index in [1.165, 1.54) is 25.1 Å². The highest BCUT2D eigenvalue weighted by Gasteiger charge is 2.47. The Kier molecular flexibility index (Phi) is 4.71. The number of carbonyl (C=O) groups excluding carboxylic acids is 2. The largest absolute Gasteiger partial charge is 0.461 e. The second kappa shape index (κ2) is 6.79. The lowest BCUT2D eigenvalue weighted by molar-refractivity contribution is -0.385. The van der Waals surface area contributed by atoms with Gasteiger partial charge in [0.15, 0.2) is 0 Å². The number of benzene rings is 1. The van der Waals surface area contributed by atoms with E-state index in [2.05, 4.69) is 4.90 Å². The Morgan fingerprint density at radius 1 is 1.20 bits per heavy atom. The van der Waals surface area contributed by atoms with Gasteiger partial charge in [0.1, 0.15) is 17.8 Å². The molecule has 2 bridgehead atoms. The third kappa shape index (κ3) is 3.48. The van der Waals surface area contributed by atoms with Gasteiger partial charge >= 0.3 is 11.9 Å². The van der Waals surface area contributed by atoms with Gasteiger partial charge in [-0.25, -0.2) is 4.79 Å². The summed E-state index contributed by atoms with van der Waals surface area (Å²) >= 11 is 0. The molecule has 0 unspecified atom stereocenters. The second-order valence-electron chi connectivity index (χ2n) is 6.54. The number of hydrogen-bond donors (Lipinski definition) is 0. The first-order valence-electron chi connectivity index (χ1n) is 8.20. The van der Waals surface area contributed by atoms with E-state index in [4.69, 9.17) is 9.47 Å². The minimum Gasteiger partial charge on any atom is -0.461 e. The van der Waals surface area contributed by atoms with Gasteiger partial charge < -0.3 is 9.47 Å². The Labute approximate surface area is 144 Å². The van der Waals surface area contributed by atoms with E-state index in [1.807, 2.05) is 7.05 Å². The van der Waals surface area contributed by atoms with Crippen molar-refractivity contribution >= 4 is 17.6 Å². The molecule has 0 saturated carbocycles. The minimum atomic E-state index is -0.690. The van der Waals surface area contributed by atoms with E-state index in [-0.39, 0.29) is 41.5 Å². The van der Waals surface area contributed by atoms with Crippen LogP contribution in [0.1, 0.15) is 36.5 Å². The molecular weight excluding hydrogens is 328 g/mol. The van der Waals surface area contributed by atoms with Gasteiger partial charge in [-0.15, -0.1) is 0 Å². The van der Waals surface area contributed by atoms with Crippen molar-refractivity contribution in [2.45, 2.75) is 50.5 Å². The first kappa shape index (κ1) is 17.3. The highest BCUT2D eigenvalue weighted by molar-refractivity contribution is 5.93. The lowest BCUT2D eigenvalue weighted by Gasteiger charge is -2.36. The standard InChI is InChI=1S/C17H20N2O6/c1-10(20)24-16-8-11-7-12(9-15(16)18(11)2)25-17(21)13-5-3-4-6-14(13)19(22)23/h3-6,11-12,15-16H,7-9H2,1-2H3/t11-,12-,15-,16+/m0/s1. The van der Waals surface area contributed by atoms with Crippen LogP contribution in [0.4, 0.5) is 5.69 Å². The zero-order valence-electron chi connectivity index (χ0n) is 14.1. The molecule has 2 heterocycles. The smallest absolute Gasteiger partial charge is 0.345 e. The summed E-state index contributed by atoms with van der Waals surface area (Å²) < 4.78 is 10.9. The van der Waals surface area contributed by atoms with Crippen molar-refractivity contribution < 1.29 is 24.0 Å². The van der Waals surface area contributed by atoms with Crippen LogP contribution < -0.4 is 0 Å². The quantitative estimate of drug-likeness (QED) is 0.465. The summed E-state index contributed by atoms with van der Waals surface area (Å²) in [6.07, 6.45) is 1.32. The molecule has 0 spiro atoms. The first-order chi connectivity index (χ1) is 11.9. The van der Waals surface area contributed by atoms with E-state index in [9.17, 15) is 19.7 Å². The fraction of sp³-hybridized carbons (Fsp3) is 0.529. The van der Waals surface area contributed by atoms with Gasteiger partial charge in [-0.05, 0) is 13.1 Å². The molecule has 134 valence electrons. The average Bonchev–Trinajstić information content (AvgIpc) is 2.73. The number of hydrogen-bond acceptors (Lipinski definition) is 7. The van der Waals surface area contributed by atoms with Crippen molar-refractivity contribution in [1.29, 1.82) is 0 Å². The predicted molar refractivity (Wildman–Crippen MR) is 87.0 cm³/mol.